The van der Waals surface area contributed by atoms with Crippen molar-refractivity contribution >= 4 is 17.4 Å². The first-order chi connectivity index (χ1) is 15.4. The first kappa shape index (κ1) is 25.5. The van der Waals surface area contributed by atoms with Crippen molar-refractivity contribution in [3.05, 3.63) is 83.4 Å². The Kier molecular flexibility index (Phi) is 9.04. The molecule has 3 aromatic carbocycles. The van der Waals surface area contributed by atoms with Crippen LogP contribution in [0.2, 0.25) is 0 Å². The molecule has 6 heteroatoms. The minimum atomic E-state index is -0.0992. The van der Waals surface area contributed by atoms with E-state index >= 15 is 0 Å². The van der Waals surface area contributed by atoms with Crippen molar-refractivity contribution in [3.8, 4) is 16.9 Å². The monoisotopic (exact) mass is 446 g/mol. The van der Waals surface area contributed by atoms with Crippen LogP contribution in [-0.4, -0.2) is 24.9 Å². The Morgan fingerprint density at radius 1 is 1.03 bits per heavy atom. The van der Waals surface area contributed by atoms with Crippen LogP contribution in [0, 0.1) is 5.41 Å². The van der Waals surface area contributed by atoms with E-state index in [2.05, 4.69) is 24.5 Å². The fourth-order valence-corrected chi connectivity index (χ4v) is 3.58. The van der Waals surface area contributed by atoms with Gasteiger partial charge in [0.15, 0.2) is 0 Å². The first-order valence-corrected chi connectivity index (χ1v) is 10.6. The van der Waals surface area contributed by atoms with Crippen molar-refractivity contribution in [3.63, 3.8) is 0 Å². The molecule has 174 valence electrons. The van der Waals surface area contributed by atoms with Crippen LogP contribution in [0.4, 0.5) is 5.69 Å². The number of carbonyl (C=O) groups excluding carboxylic acids is 1. The Morgan fingerprint density at radius 3 is 2.27 bits per heavy atom. The molecular weight excluding hydrogens is 412 g/mol. The molecule has 5 N–H and O–H groups in total. The number of amidine groups is 1. The summed E-state index contributed by atoms with van der Waals surface area (Å²) in [5.74, 6) is 0.606. The lowest BCUT2D eigenvalue weighted by Gasteiger charge is -2.20. The van der Waals surface area contributed by atoms with Gasteiger partial charge in [-0.15, -0.1) is 0 Å². The van der Waals surface area contributed by atoms with Crippen molar-refractivity contribution in [2.24, 2.45) is 5.73 Å². The third-order valence-corrected chi connectivity index (χ3v) is 5.09. The average molecular weight is 447 g/mol. The van der Waals surface area contributed by atoms with Crippen molar-refractivity contribution in [1.82, 2.24) is 5.32 Å². The summed E-state index contributed by atoms with van der Waals surface area (Å²) >= 11 is 0. The van der Waals surface area contributed by atoms with Crippen molar-refractivity contribution in [1.29, 1.82) is 5.41 Å². The van der Waals surface area contributed by atoms with Crippen molar-refractivity contribution in [2.75, 3.05) is 12.4 Å². The molecule has 0 aliphatic rings. The number of rotatable bonds is 9. The normalized spacial score (nSPS) is 10.3. The fourth-order valence-electron chi connectivity index (χ4n) is 3.58. The molecule has 0 atom stereocenters. The number of nitrogens with two attached hydrogens (primary N) is 1. The molecule has 0 aromatic heterocycles. The van der Waals surface area contributed by atoms with E-state index in [0.29, 0.717) is 17.9 Å². The zero-order chi connectivity index (χ0) is 23.1. The zero-order valence-corrected chi connectivity index (χ0v) is 18.7. The summed E-state index contributed by atoms with van der Waals surface area (Å²) in [6.45, 7) is 4.52. The Hall–Kier alpha value is -3.80. The smallest absolute Gasteiger partial charge is 0.224 e. The van der Waals surface area contributed by atoms with Crippen LogP contribution in [0.1, 0.15) is 38.0 Å². The average Bonchev–Trinajstić information content (AvgIpc) is 2.78. The predicted molar refractivity (Wildman–Crippen MR) is 137 cm³/mol. The first-order valence-electron chi connectivity index (χ1n) is 10.6. The van der Waals surface area contributed by atoms with Gasteiger partial charge in [-0.05, 0) is 36.6 Å². The maximum Gasteiger partial charge on any atom is 0.224 e. The summed E-state index contributed by atoms with van der Waals surface area (Å²) < 4.78 is 5.76. The van der Waals surface area contributed by atoms with Gasteiger partial charge in [-0.2, -0.15) is 0 Å². The van der Waals surface area contributed by atoms with E-state index in [1.54, 1.807) is 19.2 Å². The molecule has 0 bridgehead atoms. The van der Waals surface area contributed by atoms with E-state index in [9.17, 15) is 4.79 Å². The number of nitrogen functional groups attached to an aromatic ring is 1. The lowest BCUT2D eigenvalue weighted by molar-refractivity contribution is -0.120. The van der Waals surface area contributed by atoms with Gasteiger partial charge in [0.25, 0.3) is 0 Å². The molecule has 0 saturated carbocycles. The second-order valence-corrected chi connectivity index (χ2v) is 7.90. The molecule has 0 heterocycles. The molecular formula is C27H34N4O2. The number of methoxy groups -OCH3 is 1. The SMILES string of the molecule is C.COc1c(NC(C)C)ccc(-c2ccccc2)c1CC(=O)NCc1ccc(C(=N)N)cc1. The van der Waals surface area contributed by atoms with Gasteiger partial charge in [-0.25, -0.2) is 0 Å². The largest absolute Gasteiger partial charge is 0.494 e. The van der Waals surface area contributed by atoms with Crippen LogP contribution in [0.25, 0.3) is 11.1 Å². The standard InChI is InChI=1S/C26H30N4O2.CH4/c1-17(2)30-23-14-13-21(19-7-5-4-6-8-19)22(25(23)32-3)15-24(31)29-16-18-9-11-20(12-10-18)26(27)28;/h4-14,17,30H,15-16H2,1-3H3,(H3,27,28)(H,29,31);1H4. The lowest BCUT2D eigenvalue weighted by atomic mass is 9.95. The maximum atomic E-state index is 12.9. The van der Waals surface area contributed by atoms with Gasteiger partial charge < -0.3 is 21.1 Å². The van der Waals surface area contributed by atoms with Gasteiger partial charge in [0.1, 0.15) is 11.6 Å². The molecule has 1 amide bonds. The molecule has 0 aliphatic carbocycles. The van der Waals surface area contributed by atoms with E-state index in [4.69, 9.17) is 15.9 Å². The summed E-state index contributed by atoms with van der Waals surface area (Å²) in [4.78, 5) is 12.9. The summed E-state index contributed by atoms with van der Waals surface area (Å²) in [5.41, 5.74) is 10.8. The van der Waals surface area contributed by atoms with Crippen LogP contribution in [0.15, 0.2) is 66.7 Å². The molecule has 0 aliphatic heterocycles. The predicted octanol–water partition coefficient (Wildman–Crippen LogP) is 4.96. The second kappa shape index (κ2) is 11.7. The number of hydrogen-bond acceptors (Lipinski definition) is 4. The highest BCUT2D eigenvalue weighted by Gasteiger charge is 2.19. The highest BCUT2D eigenvalue weighted by Crippen LogP contribution is 2.37. The second-order valence-electron chi connectivity index (χ2n) is 7.90. The minimum absolute atomic E-state index is 0. The van der Waals surface area contributed by atoms with Crippen LogP contribution < -0.4 is 21.1 Å². The van der Waals surface area contributed by atoms with Crippen molar-refractivity contribution < 1.29 is 9.53 Å². The van der Waals surface area contributed by atoms with Gasteiger partial charge in [-0.1, -0.05) is 68.1 Å². The van der Waals surface area contributed by atoms with Crippen molar-refractivity contribution in [2.45, 2.75) is 40.3 Å². The third-order valence-electron chi connectivity index (χ3n) is 5.09. The summed E-state index contributed by atoms with van der Waals surface area (Å²) in [6, 6.07) is 21.5. The molecule has 0 saturated heterocycles. The van der Waals surface area contributed by atoms with Crippen LogP contribution in [-0.2, 0) is 17.8 Å². The van der Waals surface area contributed by atoms with E-state index in [1.807, 2.05) is 54.6 Å². The number of hydrogen-bond donors (Lipinski definition) is 4. The number of ether oxygens (including phenoxy) is 1. The van der Waals surface area contributed by atoms with Crippen LogP contribution in [0.5, 0.6) is 5.75 Å². The number of amides is 1. The molecule has 3 aromatic rings. The molecule has 0 spiro atoms. The summed E-state index contributed by atoms with van der Waals surface area (Å²) in [5, 5.41) is 13.9. The molecule has 33 heavy (non-hydrogen) atoms. The number of carbonyl (C=O) groups is 1. The molecule has 6 nitrogen and oxygen atoms in total. The number of benzene rings is 3. The van der Waals surface area contributed by atoms with Gasteiger partial charge in [0.05, 0.1) is 19.2 Å². The number of nitrogens with one attached hydrogen (secondary N) is 3. The Labute approximate surface area is 196 Å². The van der Waals surface area contributed by atoms with E-state index in [1.165, 1.54) is 0 Å². The van der Waals surface area contributed by atoms with E-state index in [-0.39, 0.29) is 31.6 Å². The minimum Gasteiger partial charge on any atom is -0.494 e. The fraction of sp³-hybridized carbons (Fsp3) is 0.259. The van der Waals surface area contributed by atoms with Gasteiger partial charge in [0, 0.05) is 23.7 Å². The van der Waals surface area contributed by atoms with E-state index < -0.39 is 0 Å². The topological polar surface area (TPSA) is 100 Å². The molecule has 0 unspecified atom stereocenters. The highest BCUT2D eigenvalue weighted by molar-refractivity contribution is 5.94. The lowest BCUT2D eigenvalue weighted by Crippen LogP contribution is -2.25. The van der Waals surface area contributed by atoms with Gasteiger partial charge >= 0.3 is 0 Å². The maximum absolute atomic E-state index is 12.9. The molecule has 0 radical (unpaired) electrons. The highest BCUT2D eigenvalue weighted by atomic mass is 16.5. The van der Waals surface area contributed by atoms with Gasteiger partial charge in [0.2, 0.25) is 5.91 Å². The zero-order valence-electron chi connectivity index (χ0n) is 18.7. The molecule has 3 rings (SSSR count). The number of anilines is 1. The Bertz CT molecular complexity index is 1080. The Morgan fingerprint density at radius 2 is 1.70 bits per heavy atom. The van der Waals surface area contributed by atoms with Gasteiger partial charge in [-0.3, -0.25) is 10.2 Å². The molecule has 0 fully saturated rings. The van der Waals surface area contributed by atoms with Crippen LogP contribution >= 0.6 is 0 Å². The van der Waals surface area contributed by atoms with E-state index in [0.717, 1.165) is 27.9 Å². The summed E-state index contributed by atoms with van der Waals surface area (Å²) in [6.07, 6.45) is 0.187. The Balaban J connectivity index is 0.00000385. The summed E-state index contributed by atoms with van der Waals surface area (Å²) in [7, 11) is 1.63. The van der Waals surface area contributed by atoms with Crippen LogP contribution in [0.3, 0.4) is 0 Å². The third kappa shape index (κ3) is 6.59. The quantitative estimate of drug-likeness (QED) is 0.276.